The van der Waals surface area contributed by atoms with Gasteiger partial charge < -0.3 is 35.3 Å². The van der Waals surface area contributed by atoms with Crippen molar-refractivity contribution in [1.82, 2.24) is 19.5 Å². The van der Waals surface area contributed by atoms with Crippen LogP contribution in [0.3, 0.4) is 0 Å². The number of anilines is 2. The first-order valence-corrected chi connectivity index (χ1v) is 10.7. The first kappa shape index (κ1) is 23.9. The highest BCUT2D eigenvalue weighted by Crippen LogP contribution is 2.34. The van der Waals surface area contributed by atoms with E-state index in [1.807, 2.05) is 0 Å². The van der Waals surface area contributed by atoms with Gasteiger partial charge in [-0.15, -0.1) is 0 Å². The highest BCUT2D eigenvalue weighted by atomic mass is 79.9. The summed E-state index contributed by atoms with van der Waals surface area (Å²) in [6.45, 7) is -0.536. The Morgan fingerprint density at radius 2 is 2.00 bits per heavy atom. The normalized spacial score (nSPS) is 22.5. The number of nitrogens with two attached hydrogens (primary N) is 1. The average molecular weight is 540 g/mol. The zero-order valence-corrected chi connectivity index (χ0v) is 19.6. The minimum absolute atomic E-state index is 0.0129. The summed E-state index contributed by atoms with van der Waals surface area (Å²) < 4.78 is 18.1. The molecular weight excluding hydrogens is 518 g/mol. The molecule has 1 aromatic carbocycles. The Kier molecular flexibility index (Phi) is 6.72. The van der Waals surface area contributed by atoms with Gasteiger partial charge in [0, 0.05) is 10.0 Å². The Bertz CT molecular complexity index is 1290. The summed E-state index contributed by atoms with van der Waals surface area (Å²) in [4.78, 5) is 23.0. The average Bonchev–Trinajstić information content (AvgIpc) is 3.31. The van der Waals surface area contributed by atoms with Gasteiger partial charge in [-0.3, -0.25) is 14.3 Å². The number of halogens is 1. The number of aliphatic hydroxyl groups is 3. The lowest BCUT2D eigenvalue weighted by Gasteiger charge is -2.18. The topological polar surface area (TPSA) is 202 Å². The standard InChI is InChI=1S/C19H22BrN7O7/c1-32-9-3-7(8(20)4-10(9)33-2)5-22-26-19-23-12-15(24-18(21)25-16(12)31)27(19)17-14(30)13(29)11(6-28)34-17/h3-5,11,13-14,17,28-30H,6H2,1-2H3,(H,23,26)(H3,21,24,25,31)/b22-5+. The number of aromatic nitrogens is 4. The van der Waals surface area contributed by atoms with Crippen molar-refractivity contribution in [3.8, 4) is 11.5 Å². The van der Waals surface area contributed by atoms with Crippen LogP contribution >= 0.6 is 15.9 Å². The van der Waals surface area contributed by atoms with Crippen LogP contribution in [0.1, 0.15) is 11.8 Å². The Labute approximate surface area is 200 Å². The predicted molar refractivity (Wildman–Crippen MR) is 124 cm³/mol. The van der Waals surface area contributed by atoms with Gasteiger partial charge in [-0.1, -0.05) is 0 Å². The summed E-state index contributed by atoms with van der Waals surface area (Å²) in [5.41, 5.74) is 8.27. The largest absolute Gasteiger partial charge is 0.493 e. The molecule has 7 N–H and O–H groups in total. The van der Waals surface area contributed by atoms with Crippen molar-refractivity contribution in [3.63, 3.8) is 0 Å². The summed E-state index contributed by atoms with van der Waals surface area (Å²) >= 11 is 3.43. The summed E-state index contributed by atoms with van der Waals surface area (Å²) in [5.74, 6) is 0.793. The molecular formula is C19H22BrN7O7. The van der Waals surface area contributed by atoms with Gasteiger partial charge in [0.15, 0.2) is 28.9 Å². The lowest BCUT2D eigenvalue weighted by molar-refractivity contribution is -0.0501. The second-order valence-corrected chi connectivity index (χ2v) is 8.11. The van der Waals surface area contributed by atoms with E-state index in [0.717, 1.165) is 0 Å². The summed E-state index contributed by atoms with van der Waals surface area (Å²) in [6.07, 6.45) is -3.68. The number of hydrogen-bond acceptors (Lipinski definition) is 12. The van der Waals surface area contributed by atoms with E-state index in [1.165, 1.54) is 25.0 Å². The number of fused-ring (bicyclic) bond motifs is 1. The van der Waals surface area contributed by atoms with Crippen molar-refractivity contribution in [3.05, 3.63) is 32.5 Å². The maximum Gasteiger partial charge on any atom is 0.280 e. The van der Waals surface area contributed by atoms with E-state index in [0.29, 0.717) is 21.5 Å². The van der Waals surface area contributed by atoms with Crippen LogP contribution < -0.4 is 26.2 Å². The molecule has 15 heteroatoms. The van der Waals surface area contributed by atoms with Crippen molar-refractivity contribution >= 4 is 45.2 Å². The second-order valence-electron chi connectivity index (χ2n) is 7.26. The van der Waals surface area contributed by atoms with Crippen molar-refractivity contribution in [2.24, 2.45) is 5.10 Å². The molecule has 0 saturated carbocycles. The number of hydrogen-bond donors (Lipinski definition) is 6. The maximum absolute atomic E-state index is 12.4. The molecule has 34 heavy (non-hydrogen) atoms. The minimum atomic E-state index is -1.46. The monoisotopic (exact) mass is 539 g/mol. The molecule has 0 spiro atoms. The van der Waals surface area contributed by atoms with E-state index in [4.69, 9.17) is 19.9 Å². The number of nitrogens with one attached hydrogen (secondary N) is 2. The Balaban J connectivity index is 1.74. The van der Waals surface area contributed by atoms with E-state index in [2.05, 4.69) is 41.4 Å². The van der Waals surface area contributed by atoms with Gasteiger partial charge in [-0.25, -0.2) is 10.4 Å². The zero-order chi connectivity index (χ0) is 24.6. The number of rotatable bonds is 7. The van der Waals surface area contributed by atoms with Gasteiger partial charge in [0.25, 0.3) is 5.56 Å². The van der Waals surface area contributed by atoms with Gasteiger partial charge in [-0.2, -0.15) is 10.1 Å². The minimum Gasteiger partial charge on any atom is -0.493 e. The number of imidazole rings is 1. The number of nitrogens with zero attached hydrogens (tertiary/aromatic N) is 4. The number of benzene rings is 1. The van der Waals surface area contributed by atoms with Crippen LogP contribution in [0.25, 0.3) is 11.2 Å². The van der Waals surface area contributed by atoms with E-state index in [9.17, 15) is 20.1 Å². The molecule has 1 saturated heterocycles. The molecule has 1 fully saturated rings. The van der Waals surface area contributed by atoms with Crippen LogP contribution in [0.15, 0.2) is 26.5 Å². The van der Waals surface area contributed by atoms with Crippen LogP contribution in [0, 0.1) is 0 Å². The number of hydrazone groups is 1. The quantitative estimate of drug-likeness (QED) is 0.167. The predicted octanol–water partition coefficient (Wildman–Crippen LogP) is -0.461. The summed E-state index contributed by atoms with van der Waals surface area (Å²) in [6, 6.07) is 3.40. The molecule has 4 atom stereocenters. The Morgan fingerprint density at radius 3 is 2.65 bits per heavy atom. The molecule has 2 aromatic heterocycles. The maximum atomic E-state index is 12.4. The molecule has 1 aliphatic rings. The number of methoxy groups -OCH3 is 2. The fourth-order valence-electron chi connectivity index (χ4n) is 3.54. The van der Waals surface area contributed by atoms with Crippen molar-refractivity contribution in [2.45, 2.75) is 24.5 Å². The van der Waals surface area contributed by atoms with E-state index in [1.54, 1.807) is 12.1 Å². The molecule has 3 heterocycles. The Hall–Kier alpha value is -3.24. The van der Waals surface area contributed by atoms with Crippen LogP contribution in [0.5, 0.6) is 11.5 Å². The van der Waals surface area contributed by atoms with Crippen molar-refractivity contribution in [1.29, 1.82) is 0 Å². The number of aliphatic hydroxyl groups excluding tert-OH is 3. The van der Waals surface area contributed by atoms with Crippen LogP contribution in [0.2, 0.25) is 0 Å². The fraction of sp³-hybridized carbons (Fsp3) is 0.368. The molecule has 4 rings (SSSR count). The molecule has 3 aromatic rings. The third-order valence-corrected chi connectivity index (χ3v) is 5.90. The van der Waals surface area contributed by atoms with Crippen LogP contribution in [-0.2, 0) is 4.74 Å². The van der Waals surface area contributed by atoms with Crippen molar-refractivity contribution in [2.75, 3.05) is 32.0 Å². The highest BCUT2D eigenvalue weighted by Gasteiger charge is 2.45. The smallest absolute Gasteiger partial charge is 0.280 e. The summed E-state index contributed by atoms with van der Waals surface area (Å²) in [5, 5.41) is 34.3. The zero-order valence-electron chi connectivity index (χ0n) is 18.0. The highest BCUT2D eigenvalue weighted by molar-refractivity contribution is 9.10. The Morgan fingerprint density at radius 1 is 1.29 bits per heavy atom. The fourth-order valence-corrected chi connectivity index (χ4v) is 3.97. The van der Waals surface area contributed by atoms with Gasteiger partial charge >= 0.3 is 0 Å². The van der Waals surface area contributed by atoms with E-state index >= 15 is 0 Å². The molecule has 4 unspecified atom stereocenters. The van der Waals surface area contributed by atoms with E-state index < -0.39 is 36.7 Å². The van der Waals surface area contributed by atoms with Crippen LogP contribution in [-0.4, -0.2) is 80.2 Å². The van der Waals surface area contributed by atoms with Gasteiger partial charge in [0.2, 0.25) is 11.9 Å². The van der Waals surface area contributed by atoms with E-state index in [-0.39, 0.29) is 23.1 Å². The lowest BCUT2D eigenvalue weighted by Crippen LogP contribution is -2.33. The third kappa shape index (κ3) is 4.19. The third-order valence-electron chi connectivity index (χ3n) is 5.21. The molecule has 1 aliphatic heterocycles. The SMILES string of the molecule is COc1cc(Br)c(/C=N/Nc2nc3c(=O)[nH]c(N)nc3n2C2OC(CO)C(O)C2O)cc1OC. The molecule has 0 amide bonds. The number of nitrogen functional groups attached to an aromatic ring is 1. The second kappa shape index (κ2) is 9.55. The first-order chi connectivity index (χ1) is 16.3. The summed E-state index contributed by atoms with van der Waals surface area (Å²) in [7, 11) is 3.02. The first-order valence-electron chi connectivity index (χ1n) is 9.89. The molecule has 182 valence electrons. The lowest BCUT2D eigenvalue weighted by atomic mass is 10.1. The van der Waals surface area contributed by atoms with Gasteiger partial charge in [-0.05, 0) is 28.1 Å². The number of aromatic amines is 1. The molecule has 0 radical (unpaired) electrons. The molecule has 0 bridgehead atoms. The number of ether oxygens (including phenoxy) is 3. The van der Waals surface area contributed by atoms with Gasteiger partial charge in [0.1, 0.15) is 18.3 Å². The number of H-pyrrole nitrogens is 1. The molecule has 14 nitrogen and oxygen atoms in total. The molecule has 0 aliphatic carbocycles. The van der Waals surface area contributed by atoms with Gasteiger partial charge in [0.05, 0.1) is 27.0 Å². The van der Waals surface area contributed by atoms with Crippen LogP contribution in [0.4, 0.5) is 11.9 Å². The van der Waals surface area contributed by atoms with Crippen molar-refractivity contribution < 1.29 is 29.5 Å².